The highest BCUT2D eigenvalue weighted by Gasteiger charge is 2.31. The average molecular weight is 383 g/mol. The van der Waals surface area contributed by atoms with Gasteiger partial charge in [0.1, 0.15) is 6.61 Å². The minimum Gasteiger partial charge on any atom is -0.484 e. The van der Waals surface area contributed by atoms with E-state index in [0.29, 0.717) is 42.3 Å². The quantitative estimate of drug-likeness (QED) is 0.559. The maximum absolute atomic E-state index is 13.0. The zero-order valence-electron chi connectivity index (χ0n) is 16.1. The van der Waals surface area contributed by atoms with Gasteiger partial charge in [0.15, 0.2) is 11.5 Å². The molecular formula is C21H25N3O4. The number of nitrogens with one attached hydrogen (secondary N) is 1. The minimum absolute atomic E-state index is 0.0251. The molecule has 0 fully saturated rings. The first-order chi connectivity index (χ1) is 13.6. The van der Waals surface area contributed by atoms with Crippen LogP contribution in [0.1, 0.15) is 26.2 Å². The fraction of sp³-hybridized carbons (Fsp3) is 0.333. The van der Waals surface area contributed by atoms with Gasteiger partial charge in [0.25, 0.3) is 0 Å². The second-order valence-electron chi connectivity index (χ2n) is 6.52. The summed E-state index contributed by atoms with van der Waals surface area (Å²) in [6, 6.07) is 14.6. The Morgan fingerprint density at radius 2 is 1.89 bits per heavy atom. The molecule has 1 aliphatic rings. The number of hydrogen-bond donors (Lipinski definition) is 1. The fourth-order valence-corrected chi connectivity index (χ4v) is 3.02. The molecule has 3 rings (SSSR count). The predicted octanol–water partition coefficient (Wildman–Crippen LogP) is 3.42. The molecule has 0 spiro atoms. The van der Waals surface area contributed by atoms with Gasteiger partial charge in [-0.15, -0.1) is 0 Å². The first-order valence-electron chi connectivity index (χ1n) is 9.38. The van der Waals surface area contributed by atoms with Gasteiger partial charge in [0.05, 0.1) is 5.69 Å². The number of carbonyl (C=O) groups excluding carboxylic acids is 2. The number of fused-ring (bicyclic) bond motifs is 1. The van der Waals surface area contributed by atoms with E-state index in [4.69, 9.17) is 9.47 Å². The molecule has 1 heterocycles. The van der Waals surface area contributed by atoms with Crippen molar-refractivity contribution in [2.75, 3.05) is 24.0 Å². The number of para-hydroxylation sites is 2. The average Bonchev–Trinajstić information content (AvgIpc) is 2.73. The van der Waals surface area contributed by atoms with Gasteiger partial charge in [-0.25, -0.2) is 5.01 Å². The molecule has 0 aliphatic carbocycles. The lowest BCUT2D eigenvalue weighted by Crippen LogP contribution is -2.54. The monoisotopic (exact) mass is 383 g/mol. The third kappa shape index (κ3) is 4.43. The zero-order chi connectivity index (χ0) is 19.9. The van der Waals surface area contributed by atoms with E-state index < -0.39 is 6.23 Å². The van der Waals surface area contributed by atoms with Gasteiger partial charge in [0.2, 0.25) is 18.5 Å². The van der Waals surface area contributed by atoms with Crippen LogP contribution in [0.25, 0.3) is 0 Å². The molecule has 1 atom stereocenters. The number of hydrogen-bond acceptors (Lipinski definition) is 5. The molecule has 7 nitrogen and oxygen atoms in total. The fourth-order valence-electron chi connectivity index (χ4n) is 3.02. The van der Waals surface area contributed by atoms with Gasteiger partial charge in [0, 0.05) is 19.2 Å². The Bertz CT molecular complexity index is 810. The van der Waals surface area contributed by atoms with Crippen molar-refractivity contribution in [1.29, 1.82) is 0 Å². The smallest absolute Gasteiger partial charge is 0.241 e. The Balaban J connectivity index is 1.83. The summed E-state index contributed by atoms with van der Waals surface area (Å²) in [6.45, 7) is 2.35. The second-order valence-corrected chi connectivity index (χ2v) is 6.52. The van der Waals surface area contributed by atoms with Crippen molar-refractivity contribution in [3.63, 3.8) is 0 Å². The molecule has 2 aromatic rings. The van der Waals surface area contributed by atoms with Crippen LogP contribution in [-0.4, -0.2) is 37.2 Å². The first kappa shape index (κ1) is 19.7. The summed E-state index contributed by atoms with van der Waals surface area (Å²) in [5.74, 6) is 1.32. The van der Waals surface area contributed by atoms with Crippen LogP contribution in [0.4, 0.5) is 11.4 Å². The SMILES string of the molecule is CCCCC(=O)N(c1ccc(NC=O)cc1)N(C)[C@@H]1COc2ccccc2O1. The van der Waals surface area contributed by atoms with Crippen LogP contribution in [0, 0.1) is 0 Å². The lowest BCUT2D eigenvalue weighted by molar-refractivity contribution is -0.125. The van der Waals surface area contributed by atoms with E-state index in [0.717, 1.165) is 12.8 Å². The van der Waals surface area contributed by atoms with E-state index in [1.807, 2.05) is 31.3 Å². The van der Waals surface area contributed by atoms with Crippen molar-refractivity contribution in [2.24, 2.45) is 0 Å². The van der Waals surface area contributed by atoms with Crippen LogP contribution in [-0.2, 0) is 9.59 Å². The molecule has 148 valence electrons. The molecule has 2 amide bonds. The molecule has 0 unspecified atom stereocenters. The number of amides is 2. The normalized spacial score (nSPS) is 15.2. The van der Waals surface area contributed by atoms with E-state index in [9.17, 15) is 9.59 Å². The summed E-state index contributed by atoms with van der Waals surface area (Å²) in [5.41, 5.74) is 1.36. The zero-order valence-corrected chi connectivity index (χ0v) is 16.1. The van der Waals surface area contributed by atoms with E-state index in [1.54, 1.807) is 34.3 Å². The molecule has 28 heavy (non-hydrogen) atoms. The lowest BCUT2D eigenvalue weighted by Gasteiger charge is -2.39. The second kappa shape index (κ2) is 9.23. The topological polar surface area (TPSA) is 71.1 Å². The predicted molar refractivity (Wildman–Crippen MR) is 107 cm³/mol. The maximum Gasteiger partial charge on any atom is 0.241 e. The van der Waals surface area contributed by atoms with Crippen molar-refractivity contribution in [2.45, 2.75) is 32.4 Å². The maximum atomic E-state index is 13.0. The van der Waals surface area contributed by atoms with Crippen molar-refractivity contribution in [1.82, 2.24) is 5.01 Å². The Labute approximate surface area is 164 Å². The highest BCUT2D eigenvalue weighted by molar-refractivity contribution is 5.92. The van der Waals surface area contributed by atoms with Crippen molar-refractivity contribution < 1.29 is 19.1 Å². The Kier molecular flexibility index (Phi) is 6.49. The van der Waals surface area contributed by atoms with Gasteiger partial charge < -0.3 is 14.8 Å². The number of carbonyl (C=O) groups is 2. The van der Waals surface area contributed by atoms with Crippen LogP contribution < -0.4 is 19.8 Å². The molecule has 1 N–H and O–H groups in total. The van der Waals surface area contributed by atoms with Crippen LogP contribution in [0.15, 0.2) is 48.5 Å². The summed E-state index contributed by atoms with van der Waals surface area (Å²) in [4.78, 5) is 23.6. The molecule has 0 radical (unpaired) electrons. The van der Waals surface area contributed by atoms with Crippen molar-refractivity contribution in [3.8, 4) is 11.5 Å². The van der Waals surface area contributed by atoms with Crippen LogP contribution in [0.5, 0.6) is 11.5 Å². The number of rotatable bonds is 8. The number of likely N-dealkylation sites (N-methyl/N-ethyl adjacent to an activating group) is 1. The molecule has 7 heteroatoms. The molecular weight excluding hydrogens is 358 g/mol. The summed E-state index contributed by atoms with van der Waals surface area (Å²) >= 11 is 0. The molecule has 0 saturated carbocycles. The summed E-state index contributed by atoms with van der Waals surface area (Å²) in [6.07, 6.45) is 2.34. The van der Waals surface area contributed by atoms with Crippen LogP contribution >= 0.6 is 0 Å². The Hall–Kier alpha value is -3.06. The minimum atomic E-state index is -0.451. The first-order valence-corrected chi connectivity index (χ1v) is 9.38. The molecule has 2 aromatic carbocycles. The number of nitrogens with zero attached hydrogens (tertiary/aromatic N) is 2. The van der Waals surface area contributed by atoms with Crippen molar-refractivity contribution in [3.05, 3.63) is 48.5 Å². The Morgan fingerprint density at radius 3 is 2.57 bits per heavy atom. The van der Waals surface area contributed by atoms with Gasteiger partial charge in [-0.1, -0.05) is 25.5 Å². The van der Waals surface area contributed by atoms with E-state index in [1.165, 1.54) is 0 Å². The van der Waals surface area contributed by atoms with Crippen molar-refractivity contribution >= 4 is 23.7 Å². The van der Waals surface area contributed by atoms with E-state index in [-0.39, 0.29) is 5.91 Å². The number of unbranched alkanes of at least 4 members (excludes halogenated alkanes) is 1. The van der Waals surface area contributed by atoms with Crippen LogP contribution in [0.3, 0.4) is 0 Å². The number of benzene rings is 2. The molecule has 0 saturated heterocycles. The molecule has 1 aliphatic heterocycles. The van der Waals surface area contributed by atoms with Gasteiger partial charge in [-0.05, 0) is 42.8 Å². The van der Waals surface area contributed by atoms with Gasteiger partial charge in [-0.2, -0.15) is 5.01 Å². The summed E-state index contributed by atoms with van der Waals surface area (Å²) in [7, 11) is 1.81. The highest BCUT2D eigenvalue weighted by atomic mass is 16.6. The van der Waals surface area contributed by atoms with Crippen LogP contribution in [0.2, 0.25) is 0 Å². The van der Waals surface area contributed by atoms with E-state index in [2.05, 4.69) is 12.2 Å². The molecule has 0 aromatic heterocycles. The number of hydrazine groups is 1. The summed E-state index contributed by atoms with van der Waals surface area (Å²) < 4.78 is 11.9. The summed E-state index contributed by atoms with van der Waals surface area (Å²) in [5, 5.41) is 5.97. The van der Waals surface area contributed by atoms with Gasteiger partial charge >= 0.3 is 0 Å². The Morgan fingerprint density at radius 1 is 1.18 bits per heavy atom. The third-order valence-electron chi connectivity index (χ3n) is 4.54. The molecule has 0 bridgehead atoms. The largest absolute Gasteiger partial charge is 0.484 e. The highest BCUT2D eigenvalue weighted by Crippen LogP contribution is 2.32. The lowest BCUT2D eigenvalue weighted by atomic mass is 10.2. The number of anilines is 2. The third-order valence-corrected chi connectivity index (χ3v) is 4.54. The number of ether oxygens (including phenoxy) is 2. The van der Waals surface area contributed by atoms with Gasteiger partial charge in [-0.3, -0.25) is 9.59 Å². The standard InChI is InChI=1S/C21H25N3O4/c1-3-4-9-20(26)24(17-12-10-16(11-13-17)22-15-25)23(2)21-14-27-18-7-5-6-8-19(18)28-21/h5-8,10-13,15,21H,3-4,9,14H2,1-2H3,(H,22,25)/t21-/m0/s1. The van der Waals surface area contributed by atoms with E-state index >= 15 is 0 Å².